The van der Waals surface area contributed by atoms with Crippen molar-refractivity contribution in [1.29, 1.82) is 0 Å². The third kappa shape index (κ3) is 3.21. The van der Waals surface area contributed by atoms with Crippen molar-refractivity contribution in [3.05, 3.63) is 58.6 Å². The zero-order chi connectivity index (χ0) is 19.8. The Morgan fingerprint density at radius 2 is 1.93 bits per heavy atom. The second-order valence-corrected chi connectivity index (χ2v) is 5.83. The number of halogens is 2. The van der Waals surface area contributed by atoms with Gasteiger partial charge in [-0.1, -0.05) is 18.2 Å². The normalized spacial score (nSPS) is 23.1. The van der Waals surface area contributed by atoms with Crippen molar-refractivity contribution in [3.8, 4) is 0 Å². The number of benzene rings is 1. The molecule has 0 saturated carbocycles. The fourth-order valence-corrected chi connectivity index (χ4v) is 2.58. The summed E-state index contributed by atoms with van der Waals surface area (Å²) >= 11 is 0. The van der Waals surface area contributed by atoms with Crippen molar-refractivity contribution in [3.63, 3.8) is 0 Å². The van der Waals surface area contributed by atoms with Crippen LogP contribution in [0.5, 0.6) is 0 Å². The summed E-state index contributed by atoms with van der Waals surface area (Å²) in [5, 5.41) is 30.4. The number of hydrogen-bond acceptors (Lipinski definition) is 7. The summed E-state index contributed by atoms with van der Waals surface area (Å²) in [5.74, 6) is -8.73. The van der Waals surface area contributed by atoms with E-state index in [0.29, 0.717) is 10.1 Å². The van der Waals surface area contributed by atoms with Gasteiger partial charge in [0.1, 0.15) is 11.9 Å². The second kappa shape index (κ2) is 6.78. The summed E-state index contributed by atoms with van der Waals surface area (Å²) in [5.41, 5.74) is -0.926. The van der Waals surface area contributed by atoms with E-state index in [2.05, 4.69) is 10.3 Å². The number of rotatable bonds is 4. The molecule has 144 valence electrons. The van der Waals surface area contributed by atoms with Crippen molar-refractivity contribution in [1.82, 2.24) is 9.55 Å². The molecule has 1 saturated heterocycles. The molecule has 1 amide bonds. The molecule has 0 spiro atoms. The Labute approximate surface area is 150 Å². The van der Waals surface area contributed by atoms with E-state index in [4.69, 9.17) is 9.84 Å². The molecule has 9 nitrogen and oxygen atoms in total. The van der Waals surface area contributed by atoms with Crippen molar-refractivity contribution >= 4 is 11.7 Å². The summed E-state index contributed by atoms with van der Waals surface area (Å²) in [7, 11) is 0. The maximum atomic E-state index is 14.2. The molecule has 11 heteroatoms. The number of hydrogen-bond donors (Lipinski definition) is 4. The first kappa shape index (κ1) is 19.0. The van der Waals surface area contributed by atoms with Gasteiger partial charge in [0.2, 0.25) is 6.23 Å². The van der Waals surface area contributed by atoms with Crippen LogP contribution in [-0.2, 0) is 4.74 Å². The maximum absolute atomic E-state index is 14.2. The van der Waals surface area contributed by atoms with E-state index >= 15 is 0 Å². The number of carbonyl (C=O) groups is 1. The topological polar surface area (TPSA) is 134 Å². The number of aliphatic hydroxyl groups excluding tert-OH is 1. The second-order valence-electron chi connectivity index (χ2n) is 5.83. The summed E-state index contributed by atoms with van der Waals surface area (Å²) in [4.78, 5) is 27.6. The summed E-state index contributed by atoms with van der Waals surface area (Å²) in [6, 6.07) is 9.10. The van der Waals surface area contributed by atoms with Crippen molar-refractivity contribution < 1.29 is 33.6 Å². The van der Waals surface area contributed by atoms with E-state index in [9.17, 15) is 28.6 Å². The highest BCUT2D eigenvalue weighted by Crippen LogP contribution is 2.47. The highest BCUT2D eigenvalue weighted by molar-refractivity contribution is 6.03. The number of nitrogens with one attached hydrogen (secondary N) is 1. The fraction of sp³-hybridized carbons (Fsp3) is 0.312. The van der Waals surface area contributed by atoms with E-state index < -0.39 is 42.2 Å². The van der Waals surface area contributed by atoms with E-state index in [1.54, 1.807) is 18.2 Å². The van der Waals surface area contributed by atoms with Gasteiger partial charge >= 0.3 is 11.6 Å². The number of anilines is 1. The average molecular weight is 383 g/mol. The van der Waals surface area contributed by atoms with E-state index in [-0.39, 0.29) is 5.82 Å². The minimum absolute atomic E-state index is 0.190. The molecular weight excluding hydrogens is 368 g/mol. The van der Waals surface area contributed by atoms with Crippen LogP contribution in [0.25, 0.3) is 0 Å². The predicted octanol–water partition coefficient (Wildman–Crippen LogP) is -0.299. The third-order valence-electron chi connectivity index (χ3n) is 4.07. The Balaban J connectivity index is 1.86. The minimum atomic E-state index is -4.30. The molecule has 2 aromatic rings. The predicted molar refractivity (Wildman–Crippen MR) is 86.0 cm³/mol. The molecule has 0 radical (unpaired) electrons. The van der Waals surface area contributed by atoms with Crippen LogP contribution in [0.15, 0.2) is 47.4 Å². The molecule has 3 rings (SSSR count). The van der Waals surface area contributed by atoms with Gasteiger partial charge in [-0.3, -0.25) is 9.36 Å². The van der Waals surface area contributed by atoms with Crippen LogP contribution in [0.1, 0.15) is 16.6 Å². The number of carbonyl (C=O) groups excluding carboxylic acids is 1. The van der Waals surface area contributed by atoms with Gasteiger partial charge in [-0.15, -0.1) is 0 Å². The van der Waals surface area contributed by atoms with Crippen LogP contribution in [0.4, 0.5) is 14.6 Å². The summed E-state index contributed by atoms with van der Waals surface area (Å²) in [6.45, 7) is -1.10. The van der Waals surface area contributed by atoms with Crippen LogP contribution >= 0.6 is 0 Å². The maximum Gasteiger partial charge on any atom is 0.351 e. The van der Waals surface area contributed by atoms with E-state index in [0.717, 1.165) is 12.3 Å². The Morgan fingerprint density at radius 3 is 2.48 bits per heavy atom. The van der Waals surface area contributed by atoms with Crippen LogP contribution in [0.2, 0.25) is 0 Å². The Morgan fingerprint density at radius 1 is 1.26 bits per heavy atom. The lowest BCUT2D eigenvalue weighted by Crippen LogP contribution is -2.54. The number of ether oxygens (including phenoxy) is 1. The van der Waals surface area contributed by atoms with Gasteiger partial charge in [-0.25, -0.2) is 4.79 Å². The first-order chi connectivity index (χ1) is 12.7. The molecular formula is C16H15F2N3O6. The molecule has 0 bridgehead atoms. The highest BCUT2D eigenvalue weighted by atomic mass is 19.3. The van der Waals surface area contributed by atoms with Crippen molar-refractivity contribution in [2.24, 2.45) is 0 Å². The molecule has 1 aromatic heterocycles. The van der Waals surface area contributed by atoms with Crippen molar-refractivity contribution in [2.45, 2.75) is 24.0 Å². The average Bonchev–Trinajstić information content (AvgIpc) is 2.81. The number of nitrogens with zero attached hydrogens (tertiary/aromatic N) is 2. The molecule has 1 aromatic carbocycles. The zero-order valence-electron chi connectivity index (χ0n) is 13.6. The smallest absolute Gasteiger partial charge is 0.351 e. The van der Waals surface area contributed by atoms with Crippen LogP contribution in [0.3, 0.4) is 0 Å². The molecule has 0 unspecified atom stereocenters. The Bertz CT molecular complexity index is 903. The summed E-state index contributed by atoms with van der Waals surface area (Å²) in [6.07, 6.45) is -3.56. The number of aliphatic hydroxyl groups is 3. The van der Waals surface area contributed by atoms with Crippen molar-refractivity contribution in [2.75, 3.05) is 11.9 Å². The monoisotopic (exact) mass is 383 g/mol. The van der Waals surface area contributed by atoms with E-state index in [1.807, 2.05) is 0 Å². The molecule has 1 aliphatic rings. The molecule has 27 heavy (non-hydrogen) atoms. The molecule has 0 aliphatic carbocycles. The van der Waals surface area contributed by atoms with Gasteiger partial charge < -0.3 is 25.4 Å². The quantitative estimate of drug-likeness (QED) is 0.533. The Kier molecular flexibility index (Phi) is 4.78. The number of amides is 1. The molecule has 4 N–H and O–H groups in total. The minimum Gasteiger partial charge on any atom is -0.393 e. The first-order valence-electron chi connectivity index (χ1n) is 7.73. The standard InChI is InChI=1S/C16H15F2N3O6/c17-15(18)13(27-10(8-22)16(15,25)26)21-7-6-11(20-14(21)24)19-12(23)9-4-2-1-3-5-9/h1-7,10,13,22,25-26H,8H2,(H,19,20,23,24)/t10-,13-/m1/s1. The zero-order valence-corrected chi connectivity index (χ0v) is 13.6. The van der Waals surface area contributed by atoms with Gasteiger partial charge in [0.25, 0.3) is 11.7 Å². The molecule has 2 heterocycles. The van der Waals surface area contributed by atoms with Crippen LogP contribution in [0, 0.1) is 0 Å². The van der Waals surface area contributed by atoms with Gasteiger partial charge in [0.05, 0.1) is 6.61 Å². The SMILES string of the molecule is O=C(Nc1ccn([C@@H]2O[C@H](CO)C(O)(O)C2(F)F)c(=O)n1)c1ccccc1. The van der Waals surface area contributed by atoms with Gasteiger partial charge in [-0.05, 0) is 18.2 Å². The van der Waals surface area contributed by atoms with Gasteiger partial charge in [0, 0.05) is 11.8 Å². The van der Waals surface area contributed by atoms with Crippen LogP contribution in [-0.4, -0.2) is 55.2 Å². The Hall–Kier alpha value is -2.73. The first-order valence-corrected chi connectivity index (χ1v) is 7.73. The third-order valence-corrected chi connectivity index (χ3v) is 4.07. The van der Waals surface area contributed by atoms with Crippen LogP contribution < -0.4 is 11.0 Å². The number of alkyl halides is 2. The number of aromatic nitrogens is 2. The largest absolute Gasteiger partial charge is 0.393 e. The fourth-order valence-electron chi connectivity index (χ4n) is 2.58. The lowest BCUT2D eigenvalue weighted by atomic mass is 10.1. The molecule has 2 atom stereocenters. The highest BCUT2D eigenvalue weighted by Gasteiger charge is 2.69. The van der Waals surface area contributed by atoms with Gasteiger partial charge in [-0.2, -0.15) is 13.8 Å². The summed E-state index contributed by atoms with van der Waals surface area (Å²) < 4.78 is 33.5. The lowest BCUT2D eigenvalue weighted by molar-refractivity contribution is -0.294. The van der Waals surface area contributed by atoms with E-state index in [1.165, 1.54) is 12.1 Å². The lowest BCUT2D eigenvalue weighted by Gasteiger charge is -2.27. The molecule has 1 aliphatic heterocycles. The van der Waals surface area contributed by atoms with Gasteiger partial charge in [0.15, 0.2) is 0 Å². The molecule has 1 fully saturated rings.